The Morgan fingerprint density at radius 2 is 1.78 bits per heavy atom. The molecule has 0 spiro atoms. The maximum Gasteiger partial charge on any atom is 0.255 e. The summed E-state index contributed by atoms with van der Waals surface area (Å²) in [6.07, 6.45) is 3.66. The van der Waals surface area contributed by atoms with Crippen molar-refractivity contribution in [1.82, 2.24) is 9.88 Å². The lowest BCUT2D eigenvalue weighted by Gasteiger charge is -2.16. The van der Waals surface area contributed by atoms with Gasteiger partial charge in [0.05, 0.1) is 5.56 Å². The topological polar surface area (TPSA) is 53.2 Å². The quantitative estimate of drug-likeness (QED) is 0.828. The second-order valence-corrected chi connectivity index (χ2v) is 4.58. The van der Waals surface area contributed by atoms with Gasteiger partial charge < -0.3 is 9.88 Å². The number of benzene rings is 1. The van der Waals surface area contributed by atoms with Crippen molar-refractivity contribution >= 4 is 16.7 Å². The number of carbonyl (C=O) groups excluding carboxylic acids is 1. The molecule has 92 valence electrons. The third-order valence-corrected chi connectivity index (χ3v) is 3.43. The summed E-state index contributed by atoms with van der Waals surface area (Å²) in [5.74, 6) is 0.0138. The standard InChI is InChI=1S/C14H14N2O2/c17-13-11-6-2-1-5-10(11)12(9-15-13)14(18)16-7-3-4-8-16/h1-2,5-6,9H,3-4,7-8H2,(H,15,17). The zero-order chi connectivity index (χ0) is 12.5. The number of H-pyrrole nitrogens is 1. The van der Waals surface area contributed by atoms with Crippen LogP contribution in [0.4, 0.5) is 0 Å². The van der Waals surface area contributed by atoms with Gasteiger partial charge in [-0.2, -0.15) is 0 Å². The minimum Gasteiger partial charge on any atom is -0.339 e. The van der Waals surface area contributed by atoms with Gasteiger partial charge in [0.25, 0.3) is 11.5 Å². The summed E-state index contributed by atoms with van der Waals surface area (Å²) in [5.41, 5.74) is 0.440. The molecule has 0 atom stereocenters. The lowest BCUT2D eigenvalue weighted by Crippen LogP contribution is -2.28. The number of fused-ring (bicyclic) bond motifs is 1. The molecule has 1 aliphatic heterocycles. The Labute approximate surface area is 104 Å². The third-order valence-electron chi connectivity index (χ3n) is 3.43. The molecule has 4 heteroatoms. The van der Waals surface area contributed by atoms with Crippen molar-refractivity contribution in [3.8, 4) is 0 Å². The molecule has 18 heavy (non-hydrogen) atoms. The van der Waals surface area contributed by atoms with Crippen LogP contribution in [-0.2, 0) is 0 Å². The Balaban J connectivity index is 2.14. The van der Waals surface area contributed by atoms with Gasteiger partial charge in [-0.3, -0.25) is 9.59 Å². The zero-order valence-corrected chi connectivity index (χ0v) is 9.98. The van der Waals surface area contributed by atoms with Crippen LogP contribution in [0.15, 0.2) is 35.3 Å². The molecular formula is C14H14N2O2. The number of amides is 1. The summed E-state index contributed by atoms with van der Waals surface area (Å²) in [4.78, 5) is 28.6. The molecule has 1 aliphatic rings. The Morgan fingerprint density at radius 3 is 2.50 bits per heavy atom. The molecule has 1 aromatic carbocycles. The van der Waals surface area contributed by atoms with Gasteiger partial charge in [-0.25, -0.2) is 0 Å². The van der Waals surface area contributed by atoms with E-state index >= 15 is 0 Å². The maximum atomic E-state index is 12.4. The van der Waals surface area contributed by atoms with Crippen LogP contribution < -0.4 is 5.56 Å². The number of nitrogens with zero attached hydrogens (tertiary/aromatic N) is 1. The largest absolute Gasteiger partial charge is 0.339 e. The second kappa shape index (κ2) is 4.29. The highest BCUT2D eigenvalue weighted by molar-refractivity contribution is 6.06. The SMILES string of the molecule is O=C(c1c[nH]c(=O)c2ccccc12)N1CCCC1. The van der Waals surface area contributed by atoms with Gasteiger partial charge in [-0.15, -0.1) is 0 Å². The number of aromatic amines is 1. The number of rotatable bonds is 1. The summed E-state index contributed by atoms with van der Waals surface area (Å²) in [5, 5.41) is 1.31. The third kappa shape index (κ3) is 1.70. The number of hydrogen-bond acceptors (Lipinski definition) is 2. The first-order valence-corrected chi connectivity index (χ1v) is 6.17. The minimum absolute atomic E-state index is 0.0138. The van der Waals surface area contributed by atoms with E-state index < -0.39 is 0 Å². The summed E-state index contributed by atoms with van der Waals surface area (Å²) >= 11 is 0. The van der Waals surface area contributed by atoms with E-state index in [4.69, 9.17) is 0 Å². The molecule has 4 nitrogen and oxygen atoms in total. The highest BCUT2D eigenvalue weighted by Crippen LogP contribution is 2.18. The van der Waals surface area contributed by atoms with Crippen LogP contribution in [0.1, 0.15) is 23.2 Å². The van der Waals surface area contributed by atoms with Gasteiger partial charge in [0.15, 0.2) is 0 Å². The van der Waals surface area contributed by atoms with Gasteiger partial charge >= 0.3 is 0 Å². The van der Waals surface area contributed by atoms with E-state index in [0.29, 0.717) is 10.9 Å². The zero-order valence-electron chi connectivity index (χ0n) is 9.98. The summed E-state index contributed by atoms with van der Waals surface area (Å²) in [6.45, 7) is 1.62. The van der Waals surface area contributed by atoms with Gasteiger partial charge in [-0.1, -0.05) is 18.2 Å². The van der Waals surface area contributed by atoms with E-state index in [9.17, 15) is 9.59 Å². The second-order valence-electron chi connectivity index (χ2n) is 4.58. The number of carbonyl (C=O) groups is 1. The molecule has 0 radical (unpaired) electrons. The maximum absolute atomic E-state index is 12.4. The van der Waals surface area contributed by atoms with Crippen molar-refractivity contribution < 1.29 is 4.79 Å². The van der Waals surface area contributed by atoms with Gasteiger partial charge in [-0.05, 0) is 18.9 Å². The highest BCUT2D eigenvalue weighted by atomic mass is 16.2. The molecule has 1 fully saturated rings. The van der Waals surface area contributed by atoms with Crippen LogP contribution in [0.2, 0.25) is 0 Å². The van der Waals surface area contributed by atoms with Crippen molar-refractivity contribution in [3.63, 3.8) is 0 Å². The predicted octanol–water partition coefficient (Wildman–Crippen LogP) is 1.76. The summed E-state index contributed by atoms with van der Waals surface area (Å²) in [6, 6.07) is 7.23. The number of likely N-dealkylation sites (tertiary alicyclic amines) is 1. The molecule has 0 bridgehead atoms. The molecule has 2 aromatic rings. The van der Waals surface area contributed by atoms with Crippen LogP contribution in [-0.4, -0.2) is 28.9 Å². The van der Waals surface area contributed by atoms with Crippen LogP contribution in [0.25, 0.3) is 10.8 Å². The first-order valence-electron chi connectivity index (χ1n) is 6.17. The molecule has 1 saturated heterocycles. The van der Waals surface area contributed by atoms with Crippen molar-refractivity contribution in [3.05, 3.63) is 46.4 Å². The fourth-order valence-corrected chi connectivity index (χ4v) is 2.48. The highest BCUT2D eigenvalue weighted by Gasteiger charge is 2.21. The minimum atomic E-state index is -0.149. The molecule has 1 aromatic heterocycles. The monoisotopic (exact) mass is 242 g/mol. The van der Waals surface area contributed by atoms with E-state index in [1.807, 2.05) is 23.1 Å². The Morgan fingerprint density at radius 1 is 1.11 bits per heavy atom. The van der Waals surface area contributed by atoms with Crippen molar-refractivity contribution in [1.29, 1.82) is 0 Å². The molecule has 0 saturated carbocycles. The Hall–Kier alpha value is -2.10. The smallest absolute Gasteiger partial charge is 0.255 e. The van der Waals surface area contributed by atoms with E-state index in [-0.39, 0.29) is 11.5 Å². The molecular weight excluding hydrogens is 228 g/mol. The molecule has 0 aliphatic carbocycles. The average molecular weight is 242 g/mol. The van der Waals surface area contributed by atoms with Crippen LogP contribution in [0.3, 0.4) is 0 Å². The molecule has 0 unspecified atom stereocenters. The molecule has 1 N–H and O–H groups in total. The number of hydrogen-bond donors (Lipinski definition) is 1. The van der Waals surface area contributed by atoms with Crippen molar-refractivity contribution in [2.75, 3.05) is 13.1 Å². The lowest BCUT2D eigenvalue weighted by atomic mass is 10.1. The van der Waals surface area contributed by atoms with E-state index in [0.717, 1.165) is 31.3 Å². The molecule has 2 heterocycles. The first-order chi connectivity index (χ1) is 8.77. The van der Waals surface area contributed by atoms with Crippen molar-refractivity contribution in [2.24, 2.45) is 0 Å². The molecule has 3 rings (SSSR count). The lowest BCUT2D eigenvalue weighted by molar-refractivity contribution is 0.0794. The number of aromatic nitrogens is 1. The molecule has 1 amide bonds. The Kier molecular flexibility index (Phi) is 2.63. The first kappa shape index (κ1) is 11.0. The van der Waals surface area contributed by atoms with Crippen molar-refractivity contribution in [2.45, 2.75) is 12.8 Å². The van der Waals surface area contributed by atoms with Gasteiger partial charge in [0, 0.05) is 30.1 Å². The van der Waals surface area contributed by atoms with Gasteiger partial charge in [0.1, 0.15) is 0 Å². The number of nitrogens with one attached hydrogen (secondary N) is 1. The van der Waals surface area contributed by atoms with Gasteiger partial charge in [0.2, 0.25) is 0 Å². The normalized spacial score (nSPS) is 15.2. The summed E-state index contributed by atoms with van der Waals surface area (Å²) < 4.78 is 0. The van der Waals surface area contributed by atoms with E-state index in [1.54, 1.807) is 6.07 Å². The van der Waals surface area contributed by atoms with Crippen LogP contribution in [0.5, 0.6) is 0 Å². The van der Waals surface area contributed by atoms with Crippen LogP contribution in [0, 0.1) is 0 Å². The average Bonchev–Trinajstić information content (AvgIpc) is 2.93. The van der Waals surface area contributed by atoms with Crippen LogP contribution >= 0.6 is 0 Å². The van der Waals surface area contributed by atoms with E-state index in [1.165, 1.54) is 6.20 Å². The predicted molar refractivity (Wildman–Crippen MR) is 69.7 cm³/mol. The fraction of sp³-hybridized carbons (Fsp3) is 0.286. The fourth-order valence-electron chi connectivity index (χ4n) is 2.48. The summed E-state index contributed by atoms with van der Waals surface area (Å²) in [7, 11) is 0. The van der Waals surface area contributed by atoms with E-state index in [2.05, 4.69) is 4.98 Å². The number of pyridine rings is 1. The Bertz CT molecular complexity index is 654.